The zero-order valence-corrected chi connectivity index (χ0v) is 20.6. The lowest BCUT2D eigenvalue weighted by molar-refractivity contribution is -0.197. The highest BCUT2D eigenvalue weighted by atomic mass is 16.5. The number of H-pyrrole nitrogens is 1. The van der Waals surface area contributed by atoms with Crippen molar-refractivity contribution in [3.63, 3.8) is 0 Å². The third-order valence-electron chi connectivity index (χ3n) is 8.40. The Hall–Kier alpha value is -2.97. The maximum absolute atomic E-state index is 5.62. The Bertz CT molecular complexity index is 1410. The SMILES string of the molecule is COc1cc(-c2[nH]c3cnc(C4CCC(N5CC6(COC6)C5)C4)cc3c2C(C)C)cn2ncnc12. The van der Waals surface area contributed by atoms with E-state index < -0.39 is 0 Å². The van der Waals surface area contributed by atoms with Crippen LogP contribution in [0.5, 0.6) is 5.75 Å². The summed E-state index contributed by atoms with van der Waals surface area (Å²) in [7, 11) is 1.67. The molecular formula is C27H32N6O2. The molecule has 4 aromatic rings. The monoisotopic (exact) mass is 472 g/mol. The fourth-order valence-corrected chi connectivity index (χ4v) is 6.57. The summed E-state index contributed by atoms with van der Waals surface area (Å²) in [6, 6.07) is 5.08. The highest BCUT2D eigenvalue weighted by Gasteiger charge is 2.51. The van der Waals surface area contributed by atoms with E-state index in [1.807, 2.05) is 18.5 Å². The molecule has 4 aromatic heterocycles. The molecule has 7 rings (SSSR count). The van der Waals surface area contributed by atoms with Gasteiger partial charge in [0, 0.05) is 53.3 Å². The van der Waals surface area contributed by atoms with Crippen molar-refractivity contribution < 1.29 is 9.47 Å². The van der Waals surface area contributed by atoms with Gasteiger partial charge in [-0.25, -0.2) is 9.50 Å². The van der Waals surface area contributed by atoms with Crippen molar-refractivity contribution in [1.29, 1.82) is 0 Å². The number of nitrogens with zero attached hydrogens (tertiary/aromatic N) is 5. The summed E-state index contributed by atoms with van der Waals surface area (Å²) in [5.41, 5.74) is 6.97. The number of fused-ring (bicyclic) bond motifs is 2. The van der Waals surface area contributed by atoms with Crippen LogP contribution >= 0.6 is 0 Å². The Kier molecular flexibility index (Phi) is 4.73. The van der Waals surface area contributed by atoms with Crippen molar-refractivity contribution in [3.8, 4) is 17.0 Å². The molecule has 0 bridgehead atoms. The fraction of sp³-hybridized carbons (Fsp3) is 0.519. The molecule has 35 heavy (non-hydrogen) atoms. The first kappa shape index (κ1) is 21.3. The van der Waals surface area contributed by atoms with Gasteiger partial charge in [0.1, 0.15) is 6.33 Å². The molecule has 182 valence electrons. The van der Waals surface area contributed by atoms with Crippen molar-refractivity contribution >= 4 is 16.6 Å². The maximum atomic E-state index is 5.62. The summed E-state index contributed by atoms with van der Waals surface area (Å²) in [4.78, 5) is 15.6. The predicted octanol–water partition coefficient (Wildman–Crippen LogP) is 4.37. The minimum Gasteiger partial charge on any atom is -0.493 e. The van der Waals surface area contributed by atoms with Gasteiger partial charge in [0.15, 0.2) is 11.4 Å². The third-order valence-corrected chi connectivity index (χ3v) is 8.40. The first-order chi connectivity index (χ1) is 17.0. The summed E-state index contributed by atoms with van der Waals surface area (Å²) in [5.74, 6) is 1.60. The smallest absolute Gasteiger partial charge is 0.197 e. The van der Waals surface area contributed by atoms with Gasteiger partial charge in [-0.05, 0) is 42.9 Å². The minimum absolute atomic E-state index is 0.352. The van der Waals surface area contributed by atoms with E-state index in [0.29, 0.717) is 29.0 Å². The molecule has 8 heteroatoms. The molecular weight excluding hydrogens is 440 g/mol. The van der Waals surface area contributed by atoms with Crippen LogP contribution in [0, 0.1) is 5.41 Å². The zero-order chi connectivity index (χ0) is 23.7. The van der Waals surface area contributed by atoms with Crippen LogP contribution < -0.4 is 4.74 Å². The second-order valence-corrected chi connectivity index (χ2v) is 11.1. The molecule has 2 atom stereocenters. The standard InChI is InChI=1S/C27H32N6O2/c1-16(2)24-20-8-21(17-4-5-19(6-17)32-11-27(12-32)13-35-14-27)28-9-22(20)31-25(24)18-7-23(34-3)26-29-15-30-33(26)10-18/h7-10,15-17,19,31H,4-6,11-14H2,1-3H3. The Morgan fingerprint density at radius 3 is 2.77 bits per heavy atom. The highest BCUT2D eigenvalue weighted by molar-refractivity contribution is 5.91. The maximum Gasteiger partial charge on any atom is 0.197 e. The van der Waals surface area contributed by atoms with Crippen molar-refractivity contribution in [1.82, 2.24) is 29.5 Å². The van der Waals surface area contributed by atoms with E-state index >= 15 is 0 Å². The molecule has 8 nitrogen and oxygen atoms in total. The van der Waals surface area contributed by atoms with E-state index in [1.54, 1.807) is 18.0 Å². The van der Waals surface area contributed by atoms with Crippen LogP contribution in [-0.4, -0.2) is 68.9 Å². The van der Waals surface area contributed by atoms with Crippen LogP contribution in [0.2, 0.25) is 0 Å². The molecule has 1 spiro atoms. The topological polar surface area (TPSA) is 80.6 Å². The van der Waals surface area contributed by atoms with Crippen molar-refractivity contribution in [2.45, 2.75) is 51.0 Å². The van der Waals surface area contributed by atoms with Crippen molar-refractivity contribution in [3.05, 3.63) is 42.1 Å². The summed E-state index contributed by atoms with van der Waals surface area (Å²) < 4.78 is 12.9. The Morgan fingerprint density at radius 1 is 1.17 bits per heavy atom. The molecule has 0 amide bonds. The van der Waals surface area contributed by atoms with Crippen molar-refractivity contribution in [2.24, 2.45) is 5.41 Å². The van der Waals surface area contributed by atoms with Crippen LogP contribution in [0.1, 0.15) is 56.2 Å². The van der Waals surface area contributed by atoms with E-state index in [4.69, 9.17) is 14.5 Å². The quantitative estimate of drug-likeness (QED) is 0.465. The van der Waals surface area contributed by atoms with E-state index in [0.717, 1.165) is 35.6 Å². The summed E-state index contributed by atoms with van der Waals surface area (Å²) >= 11 is 0. The number of aromatic amines is 1. The predicted molar refractivity (Wildman–Crippen MR) is 134 cm³/mol. The molecule has 2 aliphatic heterocycles. The summed E-state index contributed by atoms with van der Waals surface area (Å²) in [6.07, 6.45) is 9.31. The van der Waals surface area contributed by atoms with Gasteiger partial charge in [0.2, 0.25) is 0 Å². The average Bonchev–Trinajstić information content (AvgIpc) is 3.53. The van der Waals surface area contributed by atoms with Gasteiger partial charge >= 0.3 is 0 Å². The lowest BCUT2D eigenvalue weighted by atomic mass is 9.77. The number of ether oxygens (including phenoxy) is 2. The number of nitrogens with one attached hydrogen (secondary N) is 1. The molecule has 1 aliphatic carbocycles. The molecule has 0 radical (unpaired) electrons. The lowest BCUT2D eigenvalue weighted by Crippen LogP contribution is -2.67. The van der Waals surface area contributed by atoms with Crippen LogP contribution in [0.25, 0.3) is 27.8 Å². The largest absolute Gasteiger partial charge is 0.493 e. The summed E-state index contributed by atoms with van der Waals surface area (Å²) in [6.45, 7) is 8.87. The Morgan fingerprint density at radius 2 is 2.03 bits per heavy atom. The molecule has 2 unspecified atom stereocenters. The minimum atomic E-state index is 0.352. The normalized spacial score (nSPS) is 23.9. The van der Waals surface area contributed by atoms with E-state index in [2.05, 4.69) is 39.9 Å². The van der Waals surface area contributed by atoms with Gasteiger partial charge < -0.3 is 14.5 Å². The second kappa shape index (κ2) is 7.77. The molecule has 3 aliphatic rings. The lowest BCUT2D eigenvalue weighted by Gasteiger charge is -2.57. The van der Waals surface area contributed by atoms with E-state index in [9.17, 15) is 0 Å². The van der Waals surface area contributed by atoms with Gasteiger partial charge in [-0.1, -0.05) is 13.8 Å². The Labute approximate surface area is 204 Å². The van der Waals surface area contributed by atoms with Gasteiger partial charge in [0.25, 0.3) is 0 Å². The number of methoxy groups -OCH3 is 1. The van der Waals surface area contributed by atoms with E-state index in [1.165, 1.54) is 49.0 Å². The number of hydrogen-bond donors (Lipinski definition) is 1. The van der Waals surface area contributed by atoms with Gasteiger partial charge in [0.05, 0.1) is 37.7 Å². The third kappa shape index (κ3) is 3.30. The highest BCUT2D eigenvalue weighted by Crippen LogP contribution is 2.45. The number of hydrogen-bond acceptors (Lipinski definition) is 6. The fourth-order valence-electron chi connectivity index (χ4n) is 6.57. The van der Waals surface area contributed by atoms with Crippen molar-refractivity contribution in [2.75, 3.05) is 33.4 Å². The number of likely N-dealkylation sites (tertiary alicyclic amines) is 1. The Balaban J connectivity index is 1.22. The first-order valence-electron chi connectivity index (χ1n) is 12.7. The molecule has 1 N–H and O–H groups in total. The van der Waals surface area contributed by atoms with Crippen LogP contribution in [0.4, 0.5) is 0 Å². The second-order valence-electron chi connectivity index (χ2n) is 11.1. The molecule has 6 heterocycles. The molecule has 1 saturated carbocycles. The number of aromatic nitrogens is 5. The van der Waals surface area contributed by atoms with E-state index in [-0.39, 0.29) is 0 Å². The number of pyridine rings is 2. The van der Waals surface area contributed by atoms with Crippen LogP contribution in [0.15, 0.2) is 30.9 Å². The van der Waals surface area contributed by atoms with Gasteiger partial charge in [-0.3, -0.25) is 9.88 Å². The molecule has 0 aromatic carbocycles. The molecule has 3 fully saturated rings. The average molecular weight is 473 g/mol. The molecule has 2 saturated heterocycles. The van der Waals surface area contributed by atoms with Gasteiger partial charge in [-0.15, -0.1) is 0 Å². The van der Waals surface area contributed by atoms with Crippen LogP contribution in [0.3, 0.4) is 0 Å². The van der Waals surface area contributed by atoms with Crippen LogP contribution in [-0.2, 0) is 4.74 Å². The van der Waals surface area contributed by atoms with Gasteiger partial charge in [-0.2, -0.15) is 5.10 Å². The first-order valence-corrected chi connectivity index (χ1v) is 12.7. The zero-order valence-electron chi connectivity index (χ0n) is 20.6. The number of rotatable bonds is 5. The summed E-state index contributed by atoms with van der Waals surface area (Å²) in [5, 5.41) is 5.62.